The van der Waals surface area contributed by atoms with E-state index in [9.17, 15) is 0 Å². The van der Waals surface area contributed by atoms with E-state index < -0.39 is 0 Å². The summed E-state index contributed by atoms with van der Waals surface area (Å²) in [4.78, 5) is 0. The van der Waals surface area contributed by atoms with Gasteiger partial charge in [0.1, 0.15) is 0 Å². The molecule has 0 heterocycles. The number of rotatable bonds is 8. The van der Waals surface area contributed by atoms with Crippen LogP contribution in [0, 0.1) is 5.41 Å². The fourth-order valence-corrected chi connectivity index (χ4v) is 2.36. The molecule has 0 saturated heterocycles. The highest BCUT2D eigenvalue weighted by Gasteiger charge is 2.18. The number of aliphatic hydroxyl groups excluding tert-OH is 1. The van der Waals surface area contributed by atoms with E-state index >= 15 is 0 Å². The van der Waals surface area contributed by atoms with E-state index in [0.29, 0.717) is 12.0 Å². The predicted molar refractivity (Wildman–Crippen MR) is 87.0 cm³/mol. The molecule has 2 nitrogen and oxygen atoms in total. The highest BCUT2D eigenvalue weighted by atomic mass is 16.2. The van der Waals surface area contributed by atoms with Gasteiger partial charge in [-0.3, -0.25) is 0 Å². The van der Waals surface area contributed by atoms with E-state index in [2.05, 4.69) is 64.2 Å². The van der Waals surface area contributed by atoms with E-state index in [1.165, 1.54) is 11.1 Å². The molecule has 0 aromatic heterocycles. The minimum absolute atomic E-state index is 0.231. The van der Waals surface area contributed by atoms with Crippen molar-refractivity contribution in [2.24, 2.45) is 5.41 Å². The number of benzene rings is 1. The van der Waals surface area contributed by atoms with E-state index in [-0.39, 0.29) is 12.0 Å². The summed E-state index contributed by atoms with van der Waals surface area (Å²) in [5, 5.41) is 12.6. The lowest BCUT2D eigenvalue weighted by Gasteiger charge is -2.27. The van der Waals surface area contributed by atoms with Gasteiger partial charge in [0.15, 0.2) is 0 Å². The minimum Gasteiger partial charge on any atom is -0.396 e. The fourth-order valence-electron chi connectivity index (χ4n) is 2.36. The molecule has 0 fully saturated rings. The van der Waals surface area contributed by atoms with Gasteiger partial charge in [-0.05, 0) is 42.2 Å². The molecule has 1 rings (SSSR count). The van der Waals surface area contributed by atoms with Gasteiger partial charge < -0.3 is 10.4 Å². The molecule has 0 saturated carbocycles. The predicted octanol–water partition coefficient (Wildman–Crippen LogP) is 4.26. The molecule has 2 heteroatoms. The van der Waals surface area contributed by atoms with Crippen LogP contribution in [-0.2, 0) is 0 Å². The van der Waals surface area contributed by atoms with E-state index in [4.69, 9.17) is 5.11 Å². The summed E-state index contributed by atoms with van der Waals surface area (Å²) in [5.74, 6) is 0.588. The van der Waals surface area contributed by atoms with Gasteiger partial charge in [-0.1, -0.05) is 52.0 Å². The van der Waals surface area contributed by atoms with Crippen molar-refractivity contribution in [2.45, 2.75) is 59.4 Å². The van der Waals surface area contributed by atoms with Crippen LogP contribution in [0.4, 0.5) is 0 Å². The lowest BCUT2D eigenvalue weighted by molar-refractivity contribution is 0.233. The Morgan fingerprint density at radius 2 is 1.60 bits per heavy atom. The third kappa shape index (κ3) is 5.64. The Morgan fingerprint density at radius 1 is 1.05 bits per heavy atom. The zero-order chi connectivity index (χ0) is 15.2. The molecule has 0 radical (unpaired) electrons. The number of nitrogens with one attached hydrogen (secondary N) is 1. The van der Waals surface area contributed by atoms with Gasteiger partial charge in [0.05, 0.1) is 0 Å². The standard InChI is InChI=1S/C18H31NO/c1-14(2)16-7-9-17(10-8-16)15(3)19-13-18(4,5)11-6-12-20/h7-10,14-15,19-20H,6,11-13H2,1-5H3. The molecule has 0 spiro atoms. The maximum atomic E-state index is 8.94. The van der Waals surface area contributed by atoms with Crippen molar-refractivity contribution >= 4 is 0 Å². The Labute approximate surface area is 124 Å². The summed E-state index contributed by atoms with van der Waals surface area (Å²) in [5.41, 5.74) is 2.96. The lowest BCUT2D eigenvalue weighted by atomic mass is 9.87. The van der Waals surface area contributed by atoms with E-state index in [1.807, 2.05) is 0 Å². The Kier molecular flexibility index (Phi) is 6.70. The van der Waals surface area contributed by atoms with Gasteiger partial charge in [0.25, 0.3) is 0 Å². The fraction of sp³-hybridized carbons (Fsp3) is 0.667. The van der Waals surface area contributed by atoms with Crippen molar-refractivity contribution < 1.29 is 5.11 Å². The normalized spacial score (nSPS) is 13.8. The van der Waals surface area contributed by atoms with Gasteiger partial charge in [0.2, 0.25) is 0 Å². The first-order chi connectivity index (χ1) is 9.35. The van der Waals surface area contributed by atoms with Crippen LogP contribution in [0.1, 0.15) is 70.5 Å². The lowest BCUT2D eigenvalue weighted by Crippen LogP contribution is -2.31. The molecule has 0 aliphatic rings. The monoisotopic (exact) mass is 277 g/mol. The summed E-state index contributed by atoms with van der Waals surface area (Å²) >= 11 is 0. The SMILES string of the molecule is CC(C)c1ccc(C(C)NCC(C)(C)CCCO)cc1. The molecule has 0 aliphatic heterocycles. The summed E-state index contributed by atoms with van der Waals surface area (Å²) in [6, 6.07) is 9.29. The van der Waals surface area contributed by atoms with Gasteiger partial charge in [-0.25, -0.2) is 0 Å². The Bertz CT molecular complexity index is 381. The average molecular weight is 277 g/mol. The van der Waals surface area contributed by atoms with Crippen molar-refractivity contribution in [3.63, 3.8) is 0 Å². The first-order valence-electron chi connectivity index (χ1n) is 7.80. The largest absolute Gasteiger partial charge is 0.396 e. The average Bonchev–Trinajstić information content (AvgIpc) is 2.43. The van der Waals surface area contributed by atoms with Crippen molar-refractivity contribution in [1.29, 1.82) is 0 Å². The smallest absolute Gasteiger partial charge is 0.0431 e. The summed E-state index contributed by atoms with van der Waals surface area (Å²) in [6.45, 7) is 12.4. The van der Waals surface area contributed by atoms with Gasteiger partial charge >= 0.3 is 0 Å². The molecule has 1 unspecified atom stereocenters. The Hall–Kier alpha value is -0.860. The Morgan fingerprint density at radius 3 is 2.10 bits per heavy atom. The van der Waals surface area contributed by atoms with Crippen LogP contribution in [0.15, 0.2) is 24.3 Å². The van der Waals surface area contributed by atoms with Crippen LogP contribution in [0.5, 0.6) is 0 Å². The molecule has 0 aliphatic carbocycles. The van der Waals surface area contributed by atoms with Crippen molar-refractivity contribution in [1.82, 2.24) is 5.32 Å². The Balaban J connectivity index is 2.51. The number of hydrogen-bond acceptors (Lipinski definition) is 2. The highest BCUT2D eigenvalue weighted by Crippen LogP contribution is 2.23. The van der Waals surface area contributed by atoms with Gasteiger partial charge in [-0.2, -0.15) is 0 Å². The molecule has 1 aromatic rings. The van der Waals surface area contributed by atoms with E-state index in [0.717, 1.165) is 19.4 Å². The van der Waals surface area contributed by atoms with Crippen molar-refractivity contribution in [2.75, 3.05) is 13.2 Å². The summed E-state index contributed by atoms with van der Waals surface area (Å²) < 4.78 is 0. The van der Waals surface area contributed by atoms with Crippen LogP contribution in [0.3, 0.4) is 0 Å². The zero-order valence-electron chi connectivity index (χ0n) is 13.7. The second kappa shape index (κ2) is 7.80. The first kappa shape index (κ1) is 17.2. The molecule has 114 valence electrons. The molecule has 1 aromatic carbocycles. The van der Waals surface area contributed by atoms with Crippen LogP contribution >= 0.6 is 0 Å². The van der Waals surface area contributed by atoms with Gasteiger partial charge in [-0.15, -0.1) is 0 Å². The van der Waals surface area contributed by atoms with Crippen LogP contribution in [0.25, 0.3) is 0 Å². The zero-order valence-corrected chi connectivity index (χ0v) is 13.7. The molecular formula is C18H31NO. The third-order valence-electron chi connectivity index (χ3n) is 4.00. The third-order valence-corrected chi connectivity index (χ3v) is 4.00. The molecule has 1 atom stereocenters. The molecule has 20 heavy (non-hydrogen) atoms. The topological polar surface area (TPSA) is 32.3 Å². The van der Waals surface area contributed by atoms with Gasteiger partial charge in [0, 0.05) is 19.2 Å². The maximum absolute atomic E-state index is 8.94. The molecule has 0 amide bonds. The minimum atomic E-state index is 0.231. The van der Waals surface area contributed by atoms with Crippen LogP contribution < -0.4 is 5.32 Å². The number of aliphatic hydroxyl groups is 1. The van der Waals surface area contributed by atoms with E-state index in [1.54, 1.807) is 0 Å². The van der Waals surface area contributed by atoms with Crippen LogP contribution in [-0.4, -0.2) is 18.3 Å². The highest BCUT2D eigenvalue weighted by molar-refractivity contribution is 5.26. The van der Waals surface area contributed by atoms with Crippen molar-refractivity contribution in [3.05, 3.63) is 35.4 Å². The van der Waals surface area contributed by atoms with Crippen LogP contribution in [0.2, 0.25) is 0 Å². The first-order valence-corrected chi connectivity index (χ1v) is 7.80. The molecule has 2 N–H and O–H groups in total. The molecular weight excluding hydrogens is 246 g/mol. The second-order valence-electron chi connectivity index (χ2n) is 6.92. The van der Waals surface area contributed by atoms with Crippen molar-refractivity contribution in [3.8, 4) is 0 Å². The summed E-state index contributed by atoms with van der Waals surface area (Å²) in [6.07, 6.45) is 1.93. The quantitative estimate of drug-likeness (QED) is 0.744. The number of hydrogen-bond donors (Lipinski definition) is 2. The molecule has 0 bridgehead atoms. The second-order valence-corrected chi connectivity index (χ2v) is 6.92. The summed E-state index contributed by atoms with van der Waals surface area (Å²) in [7, 11) is 0. The maximum Gasteiger partial charge on any atom is 0.0431 e.